The van der Waals surface area contributed by atoms with Crippen molar-refractivity contribution in [1.29, 1.82) is 0 Å². The standard InChI is InChI=1S/C15H22N2O4/c18-14-12-13(17(19)20)6-7-15(14)21-11-5-4-10-16-8-2-1-3-9-16/h6-7,12,18H,1-5,8-11H2. The molecule has 0 saturated carbocycles. The highest BCUT2D eigenvalue weighted by atomic mass is 16.6. The van der Waals surface area contributed by atoms with E-state index in [2.05, 4.69) is 4.90 Å². The Morgan fingerprint density at radius 1 is 1.24 bits per heavy atom. The van der Waals surface area contributed by atoms with Gasteiger partial charge in [-0.25, -0.2) is 0 Å². The van der Waals surface area contributed by atoms with Crippen LogP contribution in [0.1, 0.15) is 32.1 Å². The van der Waals surface area contributed by atoms with Gasteiger partial charge < -0.3 is 14.7 Å². The van der Waals surface area contributed by atoms with E-state index in [1.807, 2.05) is 0 Å². The van der Waals surface area contributed by atoms with Crippen molar-refractivity contribution in [2.24, 2.45) is 0 Å². The number of likely N-dealkylation sites (tertiary alicyclic amines) is 1. The molecule has 1 N–H and O–H groups in total. The van der Waals surface area contributed by atoms with E-state index in [4.69, 9.17) is 4.74 Å². The van der Waals surface area contributed by atoms with Gasteiger partial charge in [0.15, 0.2) is 11.5 Å². The molecule has 1 fully saturated rings. The van der Waals surface area contributed by atoms with Crippen LogP contribution in [0.3, 0.4) is 0 Å². The number of phenols is 1. The molecule has 0 spiro atoms. The van der Waals surface area contributed by atoms with Gasteiger partial charge >= 0.3 is 0 Å². The fourth-order valence-corrected chi connectivity index (χ4v) is 2.54. The molecule has 1 aromatic carbocycles. The van der Waals surface area contributed by atoms with E-state index in [0.29, 0.717) is 12.4 Å². The first-order valence-corrected chi connectivity index (χ1v) is 7.49. The van der Waals surface area contributed by atoms with Crippen molar-refractivity contribution in [3.8, 4) is 11.5 Å². The summed E-state index contributed by atoms with van der Waals surface area (Å²) in [6, 6.07) is 3.89. The number of piperidine rings is 1. The largest absolute Gasteiger partial charge is 0.504 e. The number of benzene rings is 1. The van der Waals surface area contributed by atoms with Gasteiger partial charge in [-0.15, -0.1) is 0 Å². The topological polar surface area (TPSA) is 75.8 Å². The zero-order valence-corrected chi connectivity index (χ0v) is 12.2. The number of nitro benzene ring substituents is 1. The van der Waals surface area contributed by atoms with Crippen LogP contribution in [0.25, 0.3) is 0 Å². The lowest BCUT2D eigenvalue weighted by Gasteiger charge is -2.26. The van der Waals surface area contributed by atoms with Crippen LogP contribution >= 0.6 is 0 Å². The number of rotatable bonds is 7. The van der Waals surface area contributed by atoms with Crippen molar-refractivity contribution in [1.82, 2.24) is 4.90 Å². The second-order valence-corrected chi connectivity index (χ2v) is 5.37. The molecule has 1 saturated heterocycles. The van der Waals surface area contributed by atoms with Crippen LogP contribution in [-0.2, 0) is 0 Å². The third-order valence-electron chi connectivity index (χ3n) is 3.73. The smallest absolute Gasteiger partial charge is 0.273 e. The molecule has 0 aromatic heterocycles. The number of non-ortho nitro benzene ring substituents is 1. The SMILES string of the molecule is O=[N+]([O-])c1ccc(OCCCCN2CCCCC2)c(O)c1. The van der Waals surface area contributed by atoms with Gasteiger partial charge in [0.1, 0.15) is 0 Å². The van der Waals surface area contributed by atoms with Crippen LogP contribution in [0.5, 0.6) is 11.5 Å². The Morgan fingerprint density at radius 3 is 2.67 bits per heavy atom. The Labute approximate surface area is 124 Å². The summed E-state index contributed by atoms with van der Waals surface area (Å²) in [5.41, 5.74) is -0.134. The van der Waals surface area contributed by atoms with Crippen molar-refractivity contribution in [2.45, 2.75) is 32.1 Å². The molecular weight excluding hydrogens is 272 g/mol. The van der Waals surface area contributed by atoms with Crippen molar-refractivity contribution >= 4 is 5.69 Å². The van der Waals surface area contributed by atoms with Gasteiger partial charge in [0.25, 0.3) is 5.69 Å². The Morgan fingerprint density at radius 2 is 2.00 bits per heavy atom. The summed E-state index contributed by atoms with van der Waals surface area (Å²) in [7, 11) is 0. The minimum absolute atomic E-state index is 0.134. The summed E-state index contributed by atoms with van der Waals surface area (Å²) in [5, 5.41) is 20.2. The zero-order valence-electron chi connectivity index (χ0n) is 12.2. The maximum atomic E-state index is 10.6. The summed E-state index contributed by atoms with van der Waals surface area (Å²) in [5.74, 6) is 0.124. The van der Waals surface area contributed by atoms with Gasteiger partial charge in [0.2, 0.25) is 0 Å². The molecule has 1 aromatic rings. The first kappa shape index (κ1) is 15.6. The number of hydrogen-bond acceptors (Lipinski definition) is 5. The lowest BCUT2D eigenvalue weighted by molar-refractivity contribution is -0.385. The molecule has 116 valence electrons. The van der Waals surface area contributed by atoms with Crippen molar-refractivity contribution in [3.63, 3.8) is 0 Å². The molecule has 1 heterocycles. The number of hydrogen-bond donors (Lipinski definition) is 1. The molecule has 0 bridgehead atoms. The van der Waals surface area contributed by atoms with Gasteiger partial charge in [-0.2, -0.15) is 0 Å². The molecule has 6 nitrogen and oxygen atoms in total. The summed E-state index contributed by atoms with van der Waals surface area (Å²) in [4.78, 5) is 12.5. The number of phenolic OH excluding ortho intramolecular Hbond substituents is 1. The first-order valence-electron chi connectivity index (χ1n) is 7.49. The Balaban J connectivity index is 1.67. The molecular formula is C15H22N2O4. The Kier molecular flexibility index (Phi) is 5.80. The Bertz CT molecular complexity index is 473. The summed E-state index contributed by atoms with van der Waals surface area (Å²) in [6.45, 7) is 4.00. The summed E-state index contributed by atoms with van der Waals surface area (Å²) < 4.78 is 5.47. The van der Waals surface area contributed by atoms with Gasteiger partial charge in [0.05, 0.1) is 17.6 Å². The molecule has 0 aliphatic carbocycles. The van der Waals surface area contributed by atoms with E-state index in [1.165, 1.54) is 44.5 Å². The second kappa shape index (κ2) is 7.83. The number of nitro groups is 1. The van der Waals surface area contributed by atoms with E-state index < -0.39 is 4.92 Å². The molecule has 21 heavy (non-hydrogen) atoms. The van der Waals surface area contributed by atoms with E-state index in [-0.39, 0.29) is 11.4 Å². The lowest BCUT2D eigenvalue weighted by atomic mass is 10.1. The Hall–Kier alpha value is -1.82. The van der Waals surface area contributed by atoms with Gasteiger partial charge in [-0.1, -0.05) is 6.42 Å². The van der Waals surface area contributed by atoms with Crippen molar-refractivity contribution in [3.05, 3.63) is 28.3 Å². The quantitative estimate of drug-likeness (QED) is 0.475. The van der Waals surface area contributed by atoms with Crippen molar-refractivity contribution < 1.29 is 14.8 Å². The van der Waals surface area contributed by atoms with Gasteiger partial charge in [-0.3, -0.25) is 10.1 Å². The first-order chi connectivity index (χ1) is 10.2. The van der Waals surface area contributed by atoms with E-state index in [9.17, 15) is 15.2 Å². The highest BCUT2D eigenvalue weighted by Gasteiger charge is 2.11. The van der Waals surface area contributed by atoms with E-state index in [1.54, 1.807) is 0 Å². The van der Waals surface area contributed by atoms with Crippen LogP contribution in [0.2, 0.25) is 0 Å². The maximum Gasteiger partial charge on any atom is 0.273 e. The molecule has 2 rings (SSSR count). The number of unbranched alkanes of at least 4 members (excludes halogenated alkanes) is 1. The molecule has 6 heteroatoms. The van der Waals surface area contributed by atoms with Crippen molar-refractivity contribution in [2.75, 3.05) is 26.2 Å². The highest BCUT2D eigenvalue weighted by Crippen LogP contribution is 2.30. The average Bonchev–Trinajstić information content (AvgIpc) is 2.49. The zero-order chi connectivity index (χ0) is 15.1. The number of aromatic hydroxyl groups is 1. The van der Waals surface area contributed by atoms with E-state index >= 15 is 0 Å². The third kappa shape index (κ3) is 4.90. The highest BCUT2D eigenvalue weighted by molar-refractivity contribution is 5.47. The summed E-state index contributed by atoms with van der Waals surface area (Å²) in [6.07, 6.45) is 5.92. The minimum atomic E-state index is -0.540. The lowest BCUT2D eigenvalue weighted by Crippen LogP contribution is -2.30. The maximum absolute atomic E-state index is 10.6. The predicted molar refractivity (Wildman–Crippen MR) is 79.8 cm³/mol. The van der Waals surface area contributed by atoms with Crippen LogP contribution in [0, 0.1) is 10.1 Å². The monoisotopic (exact) mass is 294 g/mol. The van der Waals surface area contributed by atoms with Gasteiger partial charge in [-0.05, 0) is 51.4 Å². The minimum Gasteiger partial charge on any atom is -0.504 e. The number of ether oxygens (including phenoxy) is 1. The molecule has 0 amide bonds. The predicted octanol–water partition coefficient (Wildman–Crippen LogP) is 2.95. The molecule has 0 radical (unpaired) electrons. The van der Waals surface area contributed by atoms with Gasteiger partial charge in [0, 0.05) is 6.07 Å². The molecule has 1 aliphatic heterocycles. The molecule has 0 unspecified atom stereocenters. The van der Waals surface area contributed by atoms with E-state index in [0.717, 1.165) is 25.5 Å². The third-order valence-corrected chi connectivity index (χ3v) is 3.73. The average molecular weight is 294 g/mol. The summed E-state index contributed by atoms with van der Waals surface area (Å²) >= 11 is 0. The fourth-order valence-electron chi connectivity index (χ4n) is 2.54. The van der Waals surface area contributed by atoms with Crippen LogP contribution in [0.4, 0.5) is 5.69 Å². The number of nitrogens with zero attached hydrogens (tertiary/aromatic N) is 2. The fraction of sp³-hybridized carbons (Fsp3) is 0.600. The molecule has 0 atom stereocenters. The van der Waals surface area contributed by atoms with Crippen LogP contribution in [0.15, 0.2) is 18.2 Å². The molecule has 1 aliphatic rings. The normalized spacial score (nSPS) is 15.8. The van der Waals surface area contributed by atoms with Crippen LogP contribution in [-0.4, -0.2) is 41.2 Å². The van der Waals surface area contributed by atoms with Crippen LogP contribution < -0.4 is 4.74 Å². The second-order valence-electron chi connectivity index (χ2n) is 5.37.